The molecule has 1 aliphatic rings. The Morgan fingerprint density at radius 3 is 1.81 bits per heavy atom. The number of nitrogens with zero attached hydrogens (tertiary/aromatic N) is 2. The largest absolute Gasteiger partial charge is 0.358 e. The van der Waals surface area contributed by atoms with Gasteiger partial charge in [-0.05, 0) is 24.3 Å². The smallest absolute Gasteiger partial charge is 0.265 e. The van der Waals surface area contributed by atoms with Crippen molar-refractivity contribution in [1.29, 1.82) is 0 Å². The van der Waals surface area contributed by atoms with Crippen molar-refractivity contribution in [1.82, 2.24) is 4.31 Å². The maximum absolute atomic E-state index is 12.6. The molecule has 7 nitrogen and oxygen atoms in total. The number of hydrogen-bond acceptors (Lipinski definition) is 6. The Morgan fingerprint density at radius 2 is 1.27 bits per heavy atom. The van der Waals surface area contributed by atoms with Gasteiger partial charge < -0.3 is 0 Å². The predicted octanol–water partition coefficient (Wildman–Crippen LogP) is 2.23. The minimum Gasteiger partial charge on any atom is -0.265 e. The molecular weight excluding hydrogens is 376 g/mol. The molecule has 0 aliphatic carbocycles. The second-order valence-corrected chi connectivity index (χ2v) is 9.18. The summed E-state index contributed by atoms with van der Waals surface area (Å²) >= 11 is 0. The second-order valence-electron chi connectivity index (χ2n) is 5.72. The van der Waals surface area contributed by atoms with Gasteiger partial charge in [0.25, 0.3) is 0 Å². The van der Waals surface area contributed by atoms with Gasteiger partial charge in [-0.3, -0.25) is 4.28 Å². The molecule has 0 saturated carbocycles. The van der Waals surface area contributed by atoms with Gasteiger partial charge in [-0.1, -0.05) is 41.6 Å². The topological polar surface area (TPSA) is 93.1 Å². The molecule has 0 atom stereocenters. The van der Waals surface area contributed by atoms with Crippen LogP contribution in [0.3, 0.4) is 0 Å². The summed E-state index contributed by atoms with van der Waals surface area (Å²) in [6, 6.07) is 15.9. The fraction of sp³-hybridized carbons (Fsp3) is 0.235. The second kappa shape index (κ2) is 7.56. The fourth-order valence-corrected chi connectivity index (χ4v) is 4.79. The zero-order valence-corrected chi connectivity index (χ0v) is 15.5. The Labute approximate surface area is 153 Å². The monoisotopic (exact) mass is 394 g/mol. The molecule has 1 saturated heterocycles. The van der Waals surface area contributed by atoms with Crippen LogP contribution >= 0.6 is 0 Å². The molecular formula is C17H18N2O5S2. The maximum atomic E-state index is 12.6. The summed E-state index contributed by atoms with van der Waals surface area (Å²) in [7, 11) is -7.52. The highest BCUT2D eigenvalue weighted by Gasteiger charge is 2.28. The third-order valence-corrected chi connectivity index (χ3v) is 7.01. The summed E-state index contributed by atoms with van der Waals surface area (Å²) < 4.78 is 55.3. The third-order valence-electron chi connectivity index (χ3n) is 3.98. The van der Waals surface area contributed by atoms with Crippen molar-refractivity contribution in [3.05, 3.63) is 60.7 Å². The standard InChI is InChI=1S/C17H18N2O5S2/c20-25(21,16-7-3-1-4-8-16)19-13-11-15(12-14-19)18-24-26(22,23)17-9-5-2-6-10-17/h1-10H,11-14H2. The number of piperidine rings is 1. The molecule has 9 heteroatoms. The molecule has 0 bridgehead atoms. The van der Waals surface area contributed by atoms with E-state index in [1.807, 2.05) is 0 Å². The van der Waals surface area contributed by atoms with Crippen LogP contribution < -0.4 is 0 Å². The zero-order valence-electron chi connectivity index (χ0n) is 13.9. The third kappa shape index (κ3) is 4.12. The van der Waals surface area contributed by atoms with Crippen molar-refractivity contribution < 1.29 is 21.1 Å². The summed E-state index contributed by atoms with van der Waals surface area (Å²) in [6.45, 7) is 0.454. The van der Waals surface area contributed by atoms with Gasteiger partial charge in [-0.2, -0.15) is 12.7 Å². The first-order valence-electron chi connectivity index (χ1n) is 7.99. The molecule has 0 amide bonds. The van der Waals surface area contributed by atoms with E-state index in [1.165, 1.54) is 16.4 Å². The summed E-state index contributed by atoms with van der Waals surface area (Å²) in [5.74, 6) is 0. The fourth-order valence-electron chi connectivity index (χ4n) is 2.55. The highest BCUT2D eigenvalue weighted by Crippen LogP contribution is 2.20. The van der Waals surface area contributed by atoms with E-state index in [0.717, 1.165) is 0 Å². The number of rotatable bonds is 5. The molecule has 0 unspecified atom stereocenters. The van der Waals surface area contributed by atoms with Crippen LogP contribution in [-0.2, 0) is 24.4 Å². The minimum absolute atomic E-state index is 0.0217. The number of oxime groups is 1. The van der Waals surface area contributed by atoms with E-state index >= 15 is 0 Å². The van der Waals surface area contributed by atoms with Crippen LogP contribution in [0, 0.1) is 0 Å². The predicted molar refractivity (Wildman–Crippen MR) is 96.6 cm³/mol. The molecule has 0 N–H and O–H groups in total. The van der Waals surface area contributed by atoms with Gasteiger partial charge >= 0.3 is 10.1 Å². The van der Waals surface area contributed by atoms with Gasteiger partial charge in [0.1, 0.15) is 4.90 Å². The lowest BCUT2D eigenvalue weighted by Crippen LogP contribution is -2.38. The molecule has 26 heavy (non-hydrogen) atoms. The molecule has 0 radical (unpaired) electrons. The molecule has 2 aromatic carbocycles. The number of sulfonamides is 1. The number of hydrogen-bond donors (Lipinski definition) is 0. The lowest BCUT2D eigenvalue weighted by molar-refractivity contribution is 0.329. The zero-order chi connectivity index (χ0) is 18.6. The average Bonchev–Trinajstić information content (AvgIpc) is 2.68. The van der Waals surface area contributed by atoms with Crippen LogP contribution in [0.5, 0.6) is 0 Å². The van der Waals surface area contributed by atoms with Crippen molar-refractivity contribution in [2.75, 3.05) is 13.1 Å². The quantitative estimate of drug-likeness (QED) is 0.725. The van der Waals surface area contributed by atoms with E-state index < -0.39 is 20.1 Å². The SMILES string of the molecule is O=S(=O)(ON=C1CCN(S(=O)(=O)c2ccccc2)CC1)c1ccccc1. The van der Waals surface area contributed by atoms with Crippen molar-refractivity contribution >= 4 is 25.9 Å². The lowest BCUT2D eigenvalue weighted by Gasteiger charge is -2.26. The summed E-state index contributed by atoms with van der Waals surface area (Å²) in [4.78, 5) is 0.261. The van der Waals surface area contributed by atoms with Crippen molar-refractivity contribution in [2.24, 2.45) is 5.16 Å². The average molecular weight is 394 g/mol. The lowest BCUT2D eigenvalue weighted by atomic mass is 10.1. The van der Waals surface area contributed by atoms with Crippen molar-refractivity contribution in [3.8, 4) is 0 Å². The summed E-state index contributed by atoms with van der Waals surface area (Å²) in [5.41, 5.74) is 0.518. The molecule has 1 heterocycles. The Kier molecular flexibility index (Phi) is 5.40. The van der Waals surface area contributed by atoms with E-state index in [9.17, 15) is 16.8 Å². The Hall–Kier alpha value is -2.23. The van der Waals surface area contributed by atoms with Crippen LogP contribution in [0.4, 0.5) is 0 Å². The molecule has 1 fully saturated rings. The maximum Gasteiger partial charge on any atom is 0.358 e. The van der Waals surface area contributed by atoms with Crippen LogP contribution in [0.1, 0.15) is 12.8 Å². The first-order chi connectivity index (χ1) is 12.4. The molecule has 0 spiro atoms. The van der Waals surface area contributed by atoms with E-state index in [4.69, 9.17) is 4.28 Å². The van der Waals surface area contributed by atoms with Gasteiger partial charge in [-0.25, -0.2) is 8.42 Å². The molecule has 0 aromatic heterocycles. The minimum atomic E-state index is -3.96. The van der Waals surface area contributed by atoms with Gasteiger partial charge in [-0.15, -0.1) is 0 Å². The van der Waals surface area contributed by atoms with Gasteiger partial charge in [0.15, 0.2) is 0 Å². The van der Waals surface area contributed by atoms with Gasteiger partial charge in [0.05, 0.1) is 10.6 Å². The highest BCUT2D eigenvalue weighted by atomic mass is 32.2. The molecule has 2 aromatic rings. The highest BCUT2D eigenvalue weighted by molar-refractivity contribution is 7.89. The Morgan fingerprint density at radius 1 is 0.769 bits per heavy atom. The summed E-state index contributed by atoms with van der Waals surface area (Å²) in [5, 5.41) is 3.73. The first kappa shape index (κ1) is 18.6. The Balaban J connectivity index is 1.65. The van der Waals surface area contributed by atoms with E-state index in [1.54, 1.807) is 48.5 Å². The molecule has 138 valence electrons. The first-order valence-corrected chi connectivity index (χ1v) is 10.8. The van der Waals surface area contributed by atoms with Crippen LogP contribution in [0.15, 0.2) is 75.6 Å². The van der Waals surface area contributed by atoms with E-state index in [2.05, 4.69) is 5.16 Å². The number of benzene rings is 2. The van der Waals surface area contributed by atoms with E-state index in [0.29, 0.717) is 18.6 Å². The molecule has 1 aliphatic heterocycles. The van der Waals surface area contributed by atoms with Gasteiger partial charge in [0.2, 0.25) is 10.0 Å². The Bertz CT molecular complexity index is 978. The summed E-state index contributed by atoms with van der Waals surface area (Å²) in [6.07, 6.45) is 0.632. The van der Waals surface area contributed by atoms with Crippen LogP contribution in [0.2, 0.25) is 0 Å². The van der Waals surface area contributed by atoms with Crippen molar-refractivity contribution in [2.45, 2.75) is 22.6 Å². The van der Waals surface area contributed by atoms with Crippen molar-refractivity contribution in [3.63, 3.8) is 0 Å². The molecule has 3 rings (SSSR count). The van der Waals surface area contributed by atoms with Crippen LogP contribution in [-0.4, -0.2) is 39.9 Å². The van der Waals surface area contributed by atoms with Crippen LogP contribution in [0.25, 0.3) is 0 Å². The van der Waals surface area contributed by atoms with E-state index in [-0.39, 0.29) is 22.9 Å². The van der Waals surface area contributed by atoms with Gasteiger partial charge in [0, 0.05) is 25.9 Å². The normalized spacial score (nSPS) is 16.2.